The first-order chi connectivity index (χ1) is 8.86. The van der Waals surface area contributed by atoms with Crippen LogP contribution in [0.5, 0.6) is 0 Å². The molecular weight excluding hydrogens is 238 g/mol. The lowest BCUT2D eigenvalue weighted by atomic mass is 9.97. The smallest absolute Gasteiger partial charge is 0.220 e. The van der Waals surface area contributed by atoms with Crippen molar-refractivity contribution in [2.75, 3.05) is 19.6 Å². The maximum absolute atomic E-state index is 11.9. The second-order valence-electron chi connectivity index (χ2n) is 6.71. The molecule has 1 aliphatic heterocycles. The highest BCUT2D eigenvalue weighted by atomic mass is 16.1. The largest absolute Gasteiger partial charge is 0.353 e. The van der Waals surface area contributed by atoms with Crippen molar-refractivity contribution >= 4 is 5.91 Å². The van der Waals surface area contributed by atoms with Crippen molar-refractivity contribution in [3.05, 3.63) is 0 Å². The van der Waals surface area contributed by atoms with Gasteiger partial charge in [0.05, 0.1) is 0 Å². The molecule has 1 atom stereocenters. The molecule has 0 spiro atoms. The van der Waals surface area contributed by atoms with Gasteiger partial charge in [-0.1, -0.05) is 13.3 Å². The second-order valence-corrected chi connectivity index (χ2v) is 6.71. The Hall–Kier alpha value is -0.610. The molecule has 4 heteroatoms. The fraction of sp³-hybridized carbons (Fsp3) is 0.933. The van der Waals surface area contributed by atoms with Gasteiger partial charge >= 0.3 is 0 Å². The van der Waals surface area contributed by atoms with Crippen molar-refractivity contribution < 1.29 is 4.79 Å². The van der Waals surface area contributed by atoms with Gasteiger partial charge in [0.1, 0.15) is 0 Å². The number of piperidine rings is 1. The Morgan fingerprint density at radius 3 is 2.37 bits per heavy atom. The van der Waals surface area contributed by atoms with E-state index >= 15 is 0 Å². The summed E-state index contributed by atoms with van der Waals surface area (Å²) in [6, 6.07) is 0.349. The van der Waals surface area contributed by atoms with Crippen molar-refractivity contribution in [1.82, 2.24) is 10.2 Å². The zero-order chi connectivity index (χ0) is 14.5. The van der Waals surface area contributed by atoms with Crippen molar-refractivity contribution in [1.29, 1.82) is 0 Å². The highest BCUT2D eigenvalue weighted by Gasteiger charge is 2.27. The summed E-state index contributed by atoms with van der Waals surface area (Å²) in [4.78, 5) is 14.4. The van der Waals surface area contributed by atoms with Crippen LogP contribution in [0.15, 0.2) is 0 Å². The number of nitrogens with one attached hydrogen (secondary N) is 1. The SMILES string of the molecule is CCC(CN)CC(=O)NC1CCN(C(C)(C)C)CC1. The van der Waals surface area contributed by atoms with Crippen molar-refractivity contribution in [3.63, 3.8) is 0 Å². The summed E-state index contributed by atoms with van der Waals surface area (Å²) in [7, 11) is 0. The summed E-state index contributed by atoms with van der Waals surface area (Å²) in [5.74, 6) is 0.501. The minimum absolute atomic E-state index is 0.173. The molecular formula is C15H31N3O. The Bertz CT molecular complexity index is 274. The number of nitrogens with two attached hydrogens (primary N) is 1. The molecule has 1 aliphatic rings. The number of hydrogen-bond donors (Lipinski definition) is 2. The number of carbonyl (C=O) groups is 1. The fourth-order valence-electron chi connectivity index (χ4n) is 2.64. The van der Waals surface area contributed by atoms with E-state index in [4.69, 9.17) is 5.73 Å². The average Bonchev–Trinajstić information content (AvgIpc) is 2.35. The number of nitrogens with zero attached hydrogens (tertiary/aromatic N) is 1. The molecule has 1 unspecified atom stereocenters. The third-order valence-electron chi connectivity index (χ3n) is 4.19. The van der Waals surface area contributed by atoms with Gasteiger partial charge in [-0.2, -0.15) is 0 Å². The molecule has 112 valence electrons. The maximum Gasteiger partial charge on any atom is 0.220 e. The minimum atomic E-state index is 0.173. The van der Waals surface area contributed by atoms with Crippen LogP contribution in [0.2, 0.25) is 0 Å². The van der Waals surface area contributed by atoms with Gasteiger partial charge in [0.15, 0.2) is 0 Å². The predicted octanol–water partition coefficient (Wildman–Crippen LogP) is 1.74. The first-order valence-electron chi connectivity index (χ1n) is 7.61. The molecule has 1 saturated heterocycles. The number of hydrogen-bond acceptors (Lipinski definition) is 3. The summed E-state index contributed by atoms with van der Waals surface area (Å²) in [5.41, 5.74) is 5.88. The molecule has 0 saturated carbocycles. The van der Waals surface area contributed by atoms with Crippen LogP contribution in [0.3, 0.4) is 0 Å². The molecule has 1 heterocycles. The lowest BCUT2D eigenvalue weighted by Crippen LogP contribution is -2.51. The minimum Gasteiger partial charge on any atom is -0.353 e. The first kappa shape index (κ1) is 16.4. The Balaban J connectivity index is 2.31. The third kappa shape index (κ3) is 5.49. The van der Waals surface area contributed by atoms with Crippen molar-refractivity contribution in [3.8, 4) is 0 Å². The maximum atomic E-state index is 11.9. The topological polar surface area (TPSA) is 58.4 Å². The molecule has 0 aromatic rings. The Morgan fingerprint density at radius 2 is 1.95 bits per heavy atom. The summed E-state index contributed by atoms with van der Waals surface area (Å²) in [6.07, 6.45) is 3.67. The summed E-state index contributed by atoms with van der Waals surface area (Å²) < 4.78 is 0. The lowest BCUT2D eigenvalue weighted by Gasteiger charge is -2.41. The molecule has 19 heavy (non-hydrogen) atoms. The molecule has 0 aromatic heterocycles. The second kappa shape index (κ2) is 7.25. The quantitative estimate of drug-likeness (QED) is 0.799. The predicted molar refractivity (Wildman–Crippen MR) is 79.9 cm³/mol. The van der Waals surface area contributed by atoms with E-state index in [1.54, 1.807) is 0 Å². The normalized spacial score (nSPS) is 20.3. The molecule has 1 amide bonds. The molecule has 4 nitrogen and oxygen atoms in total. The lowest BCUT2D eigenvalue weighted by molar-refractivity contribution is -0.123. The molecule has 0 radical (unpaired) electrons. The highest BCUT2D eigenvalue weighted by Crippen LogP contribution is 2.20. The number of rotatable bonds is 5. The van der Waals surface area contributed by atoms with Gasteiger partial charge in [0.25, 0.3) is 0 Å². The fourth-order valence-corrected chi connectivity index (χ4v) is 2.64. The zero-order valence-corrected chi connectivity index (χ0v) is 13.0. The Morgan fingerprint density at radius 1 is 1.37 bits per heavy atom. The van der Waals surface area contributed by atoms with E-state index in [2.05, 4.69) is 37.9 Å². The number of carbonyl (C=O) groups excluding carboxylic acids is 1. The van der Waals surface area contributed by atoms with Gasteiger partial charge < -0.3 is 11.1 Å². The van der Waals surface area contributed by atoms with Gasteiger partial charge in [-0.3, -0.25) is 9.69 Å². The van der Waals surface area contributed by atoms with Gasteiger partial charge in [0, 0.05) is 31.1 Å². The van der Waals surface area contributed by atoms with Gasteiger partial charge in [0.2, 0.25) is 5.91 Å². The molecule has 0 aromatic carbocycles. The van der Waals surface area contributed by atoms with E-state index < -0.39 is 0 Å². The van der Waals surface area contributed by atoms with Gasteiger partial charge in [-0.05, 0) is 46.1 Å². The standard InChI is InChI=1S/C15H31N3O/c1-5-12(11-16)10-14(19)17-13-6-8-18(9-7-13)15(2,3)4/h12-13H,5-11,16H2,1-4H3,(H,17,19). The van der Waals surface area contributed by atoms with Crippen LogP contribution in [0.1, 0.15) is 53.4 Å². The van der Waals surface area contributed by atoms with Crippen molar-refractivity contribution in [2.24, 2.45) is 11.7 Å². The van der Waals surface area contributed by atoms with E-state index in [1.165, 1.54) is 0 Å². The monoisotopic (exact) mass is 269 g/mol. The molecule has 0 aliphatic carbocycles. The molecule has 3 N–H and O–H groups in total. The molecule has 1 fully saturated rings. The van der Waals surface area contributed by atoms with Gasteiger partial charge in [-0.15, -0.1) is 0 Å². The van der Waals surface area contributed by atoms with E-state index in [0.717, 1.165) is 32.4 Å². The third-order valence-corrected chi connectivity index (χ3v) is 4.19. The van der Waals surface area contributed by atoms with E-state index in [-0.39, 0.29) is 11.4 Å². The molecule has 0 bridgehead atoms. The molecule has 1 rings (SSSR count). The number of amides is 1. The van der Waals surface area contributed by atoms with Crippen LogP contribution < -0.4 is 11.1 Å². The van der Waals surface area contributed by atoms with Crippen LogP contribution in [-0.4, -0.2) is 42.0 Å². The highest BCUT2D eigenvalue weighted by molar-refractivity contribution is 5.76. The van der Waals surface area contributed by atoms with E-state index in [0.29, 0.717) is 24.9 Å². The zero-order valence-electron chi connectivity index (χ0n) is 13.0. The van der Waals surface area contributed by atoms with Gasteiger partial charge in [-0.25, -0.2) is 0 Å². The van der Waals surface area contributed by atoms with Crippen LogP contribution in [0.25, 0.3) is 0 Å². The Kier molecular flexibility index (Phi) is 6.27. The van der Waals surface area contributed by atoms with Crippen LogP contribution in [0, 0.1) is 5.92 Å². The Labute approximate surface area is 118 Å². The van der Waals surface area contributed by atoms with Crippen LogP contribution >= 0.6 is 0 Å². The number of likely N-dealkylation sites (tertiary alicyclic amines) is 1. The summed E-state index contributed by atoms with van der Waals surface area (Å²) >= 11 is 0. The average molecular weight is 269 g/mol. The van der Waals surface area contributed by atoms with Crippen LogP contribution in [0.4, 0.5) is 0 Å². The van der Waals surface area contributed by atoms with Crippen LogP contribution in [-0.2, 0) is 4.79 Å². The van der Waals surface area contributed by atoms with E-state index in [1.807, 2.05) is 0 Å². The van der Waals surface area contributed by atoms with E-state index in [9.17, 15) is 4.79 Å². The summed E-state index contributed by atoms with van der Waals surface area (Å²) in [6.45, 7) is 11.6. The first-order valence-corrected chi connectivity index (χ1v) is 7.61. The van der Waals surface area contributed by atoms with Crippen molar-refractivity contribution in [2.45, 2.75) is 65.0 Å². The summed E-state index contributed by atoms with van der Waals surface area (Å²) in [5, 5.41) is 3.17.